The maximum atomic E-state index is 9.32. The fourth-order valence-electron chi connectivity index (χ4n) is 3.88. The second-order valence-corrected chi connectivity index (χ2v) is 8.64. The smallest absolute Gasteiger partial charge is 0.162 e. The van der Waals surface area contributed by atoms with Gasteiger partial charge in [-0.05, 0) is 72.0 Å². The lowest BCUT2D eigenvalue weighted by atomic mass is 10.1. The van der Waals surface area contributed by atoms with Crippen molar-refractivity contribution in [2.45, 2.75) is 39.8 Å². The highest BCUT2D eigenvalue weighted by Gasteiger charge is 2.12. The van der Waals surface area contributed by atoms with E-state index in [4.69, 9.17) is 18.9 Å². The van der Waals surface area contributed by atoms with Crippen LogP contribution >= 0.6 is 0 Å². The summed E-state index contributed by atoms with van der Waals surface area (Å²) in [4.78, 5) is 0. The number of aryl methyl sites for hydroxylation is 1. The lowest BCUT2D eigenvalue weighted by molar-refractivity contribution is 0.223. The van der Waals surface area contributed by atoms with Crippen LogP contribution in [0.4, 0.5) is 0 Å². The Kier molecular flexibility index (Phi) is 8.48. The van der Waals surface area contributed by atoms with E-state index in [2.05, 4.69) is 0 Å². The summed E-state index contributed by atoms with van der Waals surface area (Å²) in [5.74, 6) is 2.93. The molecule has 1 unspecified atom stereocenters. The Morgan fingerprint density at radius 3 is 2.19 bits per heavy atom. The van der Waals surface area contributed by atoms with Gasteiger partial charge in [0, 0.05) is 0 Å². The zero-order valence-corrected chi connectivity index (χ0v) is 20.9. The summed E-state index contributed by atoms with van der Waals surface area (Å²) in [6.07, 6.45) is -0.161. The quantitative estimate of drug-likeness (QED) is 0.254. The molecule has 36 heavy (non-hydrogen) atoms. The van der Waals surface area contributed by atoms with E-state index in [1.807, 2.05) is 105 Å². The van der Waals surface area contributed by atoms with Crippen molar-refractivity contribution >= 4 is 0 Å². The van der Waals surface area contributed by atoms with Gasteiger partial charge in [0.15, 0.2) is 11.5 Å². The lowest BCUT2D eigenvalue weighted by Gasteiger charge is -2.18. The summed E-state index contributed by atoms with van der Waals surface area (Å²) in [5, 5.41) is 9.32. The molecule has 0 bridgehead atoms. The zero-order chi connectivity index (χ0) is 25.3. The molecule has 0 spiro atoms. The van der Waals surface area contributed by atoms with Crippen LogP contribution in [0.1, 0.15) is 40.8 Å². The molecule has 0 aliphatic rings. The molecule has 0 aliphatic carbocycles. The van der Waals surface area contributed by atoms with E-state index >= 15 is 0 Å². The fraction of sp³-hybridized carbons (Fsp3) is 0.226. The zero-order valence-electron chi connectivity index (χ0n) is 20.9. The van der Waals surface area contributed by atoms with Crippen LogP contribution in [-0.4, -0.2) is 12.2 Å². The normalized spacial score (nSPS) is 11.6. The van der Waals surface area contributed by atoms with Crippen LogP contribution in [-0.2, 0) is 19.8 Å². The molecule has 0 fully saturated rings. The molecule has 0 aromatic heterocycles. The van der Waals surface area contributed by atoms with E-state index in [1.165, 1.54) is 0 Å². The summed E-state index contributed by atoms with van der Waals surface area (Å²) >= 11 is 0. The topological polar surface area (TPSA) is 57.2 Å². The number of rotatable bonds is 11. The average Bonchev–Trinajstić information content (AvgIpc) is 2.92. The molecule has 0 heterocycles. The predicted molar refractivity (Wildman–Crippen MR) is 141 cm³/mol. The summed E-state index contributed by atoms with van der Waals surface area (Å²) in [5.41, 5.74) is 4.95. The van der Waals surface area contributed by atoms with Crippen LogP contribution in [0.2, 0.25) is 0 Å². The van der Waals surface area contributed by atoms with Crippen LogP contribution in [0.15, 0.2) is 91.0 Å². The Morgan fingerprint density at radius 1 is 0.694 bits per heavy atom. The fourth-order valence-corrected chi connectivity index (χ4v) is 3.88. The molecular formula is C31H32O5. The number of benzene rings is 4. The molecular weight excluding hydrogens is 452 g/mol. The van der Waals surface area contributed by atoms with Gasteiger partial charge in [0.25, 0.3) is 0 Å². The van der Waals surface area contributed by atoms with E-state index in [9.17, 15) is 5.11 Å². The molecule has 4 aromatic carbocycles. The van der Waals surface area contributed by atoms with Crippen molar-refractivity contribution in [3.05, 3.63) is 119 Å². The minimum absolute atomic E-state index is 0.0187. The largest absolute Gasteiger partial charge is 0.493 e. The number of hydrogen-bond donors (Lipinski definition) is 1. The molecule has 4 rings (SSSR count). The Morgan fingerprint density at radius 2 is 1.44 bits per heavy atom. The highest BCUT2D eigenvalue weighted by atomic mass is 16.5. The van der Waals surface area contributed by atoms with Crippen LogP contribution in [0.25, 0.3) is 0 Å². The minimum Gasteiger partial charge on any atom is -0.493 e. The second-order valence-electron chi connectivity index (χ2n) is 8.64. The molecule has 1 atom stereocenters. The van der Waals surface area contributed by atoms with Gasteiger partial charge in [-0.3, -0.25) is 0 Å². The summed E-state index contributed by atoms with van der Waals surface area (Å²) in [6, 6.07) is 29.5. The van der Waals surface area contributed by atoms with Crippen molar-refractivity contribution < 1.29 is 24.1 Å². The SMILES string of the molecule is COc1ccc(COc2cccc(C(C)Oc3ccc(CO)cc3C)c2)cc1OCc1ccccc1. The number of hydrogen-bond acceptors (Lipinski definition) is 5. The third-order valence-electron chi connectivity index (χ3n) is 5.92. The molecule has 1 N–H and O–H groups in total. The first-order valence-electron chi connectivity index (χ1n) is 12.0. The third kappa shape index (κ3) is 6.58. The molecule has 0 radical (unpaired) electrons. The summed E-state index contributed by atoms with van der Waals surface area (Å²) in [6.45, 7) is 4.87. The van der Waals surface area contributed by atoms with Crippen molar-refractivity contribution in [1.29, 1.82) is 0 Å². The predicted octanol–water partition coefficient (Wildman–Crippen LogP) is 6.79. The van der Waals surface area contributed by atoms with Crippen molar-refractivity contribution in [3.8, 4) is 23.0 Å². The molecule has 5 heteroatoms. The summed E-state index contributed by atoms with van der Waals surface area (Å²) < 4.78 is 23.8. The molecule has 0 amide bonds. The van der Waals surface area contributed by atoms with Crippen LogP contribution in [0, 0.1) is 6.92 Å². The minimum atomic E-state index is -0.161. The van der Waals surface area contributed by atoms with Gasteiger partial charge in [-0.25, -0.2) is 0 Å². The van der Waals surface area contributed by atoms with E-state index < -0.39 is 0 Å². The maximum Gasteiger partial charge on any atom is 0.162 e. The van der Waals surface area contributed by atoms with E-state index in [0.29, 0.717) is 24.7 Å². The average molecular weight is 485 g/mol. The van der Waals surface area contributed by atoms with Gasteiger partial charge < -0.3 is 24.1 Å². The van der Waals surface area contributed by atoms with Crippen molar-refractivity contribution in [2.75, 3.05) is 7.11 Å². The third-order valence-corrected chi connectivity index (χ3v) is 5.92. The van der Waals surface area contributed by atoms with Gasteiger partial charge in [-0.15, -0.1) is 0 Å². The van der Waals surface area contributed by atoms with E-state index in [0.717, 1.165) is 39.3 Å². The van der Waals surface area contributed by atoms with Crippen LogP contribution < -0.4 is 18.9 Å². The van der Waals surface area contributed by atoms with Crippen molar-refractivity contribution in [3.63, 3.8) is 0 Å². The van der Waals surface area contributed by atoms with Gasteiger partial charge in [0.2, 0.25) is 0 Å². The second kappa shape index (κ2) is 12.1. The Hall–Kier alpha value is -3.96. The number of aliphatic hydroxyl groups excluding tert-OH is 1. The lowest BCUT2D eigenvalue weighted by Crippen LogP contribution is -2.05. The van der Waals surface area contributed by atoms with Gasteiger partial charge in [0.1, 0.15) is 30.8 Å². The molecule has 4 aromatic rings. The number of ether oxygens (including phenoxy) is 4. The monoisotopic (exact) mass is 484 g/mol. The Bertz CT molecular complexity index is 1270. The highest BCUT2D eigenvalue weighted by molar-refractivity contribution is 5.43. The van der Waals surface area contributed by atoms with E-state index in [-0.39, 0.29) is 12.7 Å². The number of aliphatic hydroxyl groups is 1. The first kappa shape index (κ1) is 25.1. The van der Waals surface area contributed by atoms with Crippen molar-refractivity contribution in [2.24, 2.45) is 0 Å². The van der Waals surface area contributed by atoms with Gasteiger partial charge in [0.05, 0.1) is 13.7 Å². The van der Waals surface area contributed by atoms with Crippen LogP contribution in [0.5, 0.6) is 23.0 Å². The maximum absolute atomic E-state index is 9.32. The molecule has 0 aliphatic heterocycles. The standard InChI is InChI=1S/C31H32O5/c1-22-16-25(19-32)12-14-29(22)36-23(2)27-10-7-11-28(18-27)34-21-26-13-15-30(33-3)31(17-26)35-20-24-8-5-4-6-9-24/h4-18,23,32H,19-21H2,1-3H3. The Balaban J connectivity index is 1.40. The highest BCUT2D eigenvalue weighted by Crippen LogP contribution is 2.30. The van der Waals surface area contributed by atoms with Gasteiger partial charge in [-0.1, -0.05) is 60.7 Å². The first-order valence-corrected chi connectivity index (χ1v) is 12.0. The van der Waals surface area contributed by atoms with Crippen molar-refractivity contribution in [1.82, 2.24) is 0 Å². The number of methoxy groups -OCH3 is 1. The molecule has 186 valence electrons. The van der Waals surface area contributed by atoms with E-state index in [1.54, 1.807) is 7.11 Å². The molecule has 5 nitrogen and oxygen atoms in total. The first-order chi connectivity index (χ1) is 17.6. The van der Waals surface area contributed by atoms with Crippen LogP contribution in [0.3, 0.4) is 0 Å². The Labute approximate surface area is 212 Å². The molecule has 0 saturated carbocycles. The molecule has 0 saturated heterocycles. The summed E-state index contributed by atoms with van der Waals surface area (Å²) in [7, 11) is 1.64. The van der Waals surface area contributed by atoms with Gasteiger partial charge >= 0.3 is 0 Å². The van der Waals surface area contributed by atoms with Gasteiger partial charge in [-0.2, -0.15) is 0 Å².